The maximum absolute atomic E-state index is 2.58. The van der Waals surface area contributed by atoms with Gasteiger partial charge in [-0.05, 0) is 99.5 Å². The van der Waals surface area contributed by atoms with Crippen LogP contribution in [0.5, 0.6) is 0 Å². The van der Waals surface area contributed by atoms with Crippen LogP contribution in [0.15, 0.2) is 35.9 Å². The minimum absolute atomic E-state index is 0.658. The Labute approximate surface area is 194 Å². The molecule has 2 aliphatic rings. The first kappa shape index (κ1) is 24.6. The topological polar surface area (TPSA) is 0 Å². The number of benzene rings is 1. The molecule has 1 saturated carbocycles. The van der Waals surface area contributed by atoms with Crippen LogP contribution in [0.1, 0.15) is 146 Å². The highest BCUT2D eigenvalue weighted by molar-refractivity contribution is 5.27. The van der Waals surface area contributed by atoms with Gasteiger partial charge >= 0.3 is 0 Å². The lowest BCUT2D eigenvalue weighted by atomic mass is 9.67. The molecule has 0 heterocycles. The van der Waals surface area contributed by atoms with Crippen molar-refractivity contribution >= 4 is 0 Å². The molecule has 3 rings (SSSR count). The van der Waals surface area contributed by atoms with E-state index in [9.17, 15) is 0 Å². The molecule has 174 valence electrons. The number of aryl methyl sites for hydroxylation is 1. The quantitative estimate of drug-likeness (QED) is 0.219. The number of allylic oxidation sites excluding steroid dienone is 2. The van der Waals surface area contributed by atoms with Crippen molar-refractivity contribution in [3.05, 3.63) is 47.0 Å². The van der Waals surface area contributed by atoms with Crippen molar-refractivity contribution in [1.29, 1.82) is 0 Å². The fraction of sp³-hybridized carbons (Fsp3) is 0.742. The Morgan fingerprint density at radius 1 is 0.806 bits per heavy atom. The van der Waals surface area contributed by atoms with Gasteiger partial charge in [-0.3, -0.25) is 0 Å². The number of unbranched alkanes of at least 4 members (excludes halogenated alkanes) is 3. The van der Waals surface area contributed by atoms with Gasteiger partial charge in [0.05, 0.1) is 0 Å². The van der Waals surface area contributed by atoms with E-state index in [0.717, 1.165) is 5.92 Å². The van der Waals surface area contributed by atoms with E-state index in [1.165, 1.54) is 122 Å². The molecule has 1 aromatic carbocycles. The van der Waals surface area contributed by atoms with E-state index >= 15 is 0 Å². The van der Waals surface area contributed by atoms with Crippen LogP contribution in [-0.2, 0) is 6.42 Å². The summed E-state index contributed by atoms with van der Waals surface area (Å²) in [5.41, 5.74) is 5.58. The van der Waals surface area contributed by atoms with Gasteiger partial charge in [0, 0.05) is 0 Å². The molecule has 1 fully saturated rings. The molecule has 2 aliphatic carbocycles. The SMILES string of the molecule is CCCCCCc1ccc(C(CCC2(CCC)CCCCC2)CC2=CCCCC2)cc1. The van der Waals surface area contributed by atoms with Crippen molar-refractivity contribution in [3.8, 4) is 0 Å². The average Bonchev–Trinajstić information content (AvgIpc) is 2.81. The summed E-state index contributed by atoms with van der Waals surface area (Å²) < 4.78 is 0. The van der Waals surface area contributed by atoms with Gasteiger partial charge in [-0.1, -0.05) is 94.7 Å². The van der Waals surface area contributed by atoms with Crippen molar-refractivity contribution in [2.45, 2.75) is 142 Å². The van der Waals surface area contributed by atoms with E-state index < -0.39 is 0 Å². The van der Waals surface area contributed by atoms with E-state index in [1.807, 2.05) is 0 Å². The third-order valence-corrected chi connectivity index (χ3v) is 8.38. The number of rotatable bonds is 13. The van der Waals surface area contributed by atoms with Crippen LogP contribution in [0.2, 0.25) is 0 Å². The Bertz CT molecular complexity index is 623. The van der Waals surface area contributed by atoms with Crippen LogP contribution < -0.4 is 0 Å². The highest BCUT2D eigenvalue weighted by Gasteiger charge is 2.31. The zero-order valence-electron chi connectivity index (χ0n) is 20.9. The summed E-state index contributed by atoms with van der Waals surface area (Å²) in [6, 6.07) is 9.89. The molecule has 31 heavy (non-hydrogen) atoms. The third-order valence-electron chi connectivity index (χ3n) is 8.38. The minimum atomic E-state index is 0.658. The number of hydrogen-bond acceptors (Lipinski definition) is 0. The molecule has 0 aliphatic heterocycles. The molecule has 0 spiro atoms. The van der Waals surface area contributed by atoms with Crippen molar-refractivity contribution in [1.82, 2.24) is 0 Å². The maximum Gasteiger partial charge on any atom is -0.0125 e. The van der Waals surface area contributed by atoms with E-state index in [1.54, 1.807) is 16.7 Å². The lowest BCUT2D eigenvalue weighted by molar-refractivity contribution is 0.148. The van der Waals surface area contributed by atoms with Crippen LogP contribution in [0.4, 0.5) is 0 Å². The van der Waals surface area contributed by atoms with Crippen molar-refractivity contribution < 1.29 is 0 Å². The van der Waals surface area contributed by atoms with Gasteiger partial charge < -0.3 is 0 Å². The highest BCUT2D eigenvalue weighted by Crippen LogP contribution is 2.46. The summed E-state index contributed by atoms with van der Waals surface area (Å²) in [7, 11) is 0. The molecule has 0 saturated heterocycles. The van der Waals surface area contributed by atoms with Gasteiger partial charge in [0.1, 0.15) is 0 Å². The van der Waals surface area contributed by atoms with Crippen LogP contribution in [0.3, 0.4) is 0 Å². The van der Waals surface area contributed by atoms with Crippen molar-refractivity contribution in [2.24, 2.45) is 5.41 Å². The fourth-order valence-corrected chi connectivity index (χ4v) is 6.44. The van der Waals surface area contributed by atoms with Gasteiger partial charge in [0.2, 0.25) is 0 Å². The van der Waals surface area contributed by atoms with Crippen molar-refractivity contribution in [3.63, 3.8) is 0 Å². The van der Waals surface area contributed by atoms with Crippen LogP contribution in [0, 0.1) is 5.41 Å². The third kappa shape index (κ3) is 8.11. The van der Waals surface area contributed by atoms with Crippen molar-refractivity contribution in [2.75, 3.05) is 0 Å². The second-order valence-electron chi connectivity index (χ2n) is 10.9. The normalized spacial score (nSPS) is 19.7. The molecule has 0 aromatic heterocycles. The molecule has 0 nitrogen and oxygen atoms in total. The lowest BCUT2D eigenvalue weighted by Gasteiger charge is -2.39. The second kappa shape index (κ2) is 13.5. The monoisotopic (exact) mass is 422 g/mol. The fourth-order valence-electron chi connectivity index (χ4n) is 6.44. The molecule has 0 heteroatoms. The first-order valence-electron chi connectivity index (χ1n) is 14.0. The van der Waals surface area contributed by atoms with Gasteiger partial charge in [0.15, 0.2) is 0 Å². The number of hydrogen-bond donors (Lipinski definition) is 0. The molecular weight excluding hydrogens is 372 g/mol. The summed E-state index contributed by atoms with van der Waals surface area (Å²) in [6.45, 7) is 4.70. The molecule has 0 N–H and O–H groups in total. The van der Waals surface area contributed by atoms with E-state index in [2.05, 4.69) is 44.2 Å². The Morgan fingerprint density at radius 2 is 1.61 bits per heavy atom. The predicted molar refractivity (Wildman–Crippen MR) is 138 cm³/mol. The summed E-state index contributed by atoms with van der Waals surface area (Å²) in [4.78, 5) is 0. The molecule has 1 aromatic rings. The summed E-state index contributed by atoms with van der Waals surface area (Å²) >= 11 is 0. The van der Waals surface area contributed by atoms with E-state index in [4.69, 9.17) is 0 Å². The second-order valence-corrected chi connectivity index (χ2v) is 10.9. The van der Waals surface area contributed by atoms with Gasteiger partial charge in [-0.2, -0.15) is 0 Å². The van der Waals surface area contributed by atoms with Crippen LogP contribution >= 0.6 is 0 Å². The first-order valence-corrected chi connectivity index (χ1v) is 14.0. The Kier molecular flexibility index (Phi) is 10.7. The average molecular weight is 423 g/mol. The smallest absolute Gasteiger partial charge is 0.0125 e. The van der Waals surface area contributed by atoms with E-state index in [-0.39, 0.29) is 0 Å². The Morgan fingerprint density at radius 3 is 2.29 bits per heavy atom. The Hall–Kier alpha value is -1.04. The summed E-state index contributed by atoms with van der Waals surface area (Å²) in [5.74, 6) is 0.731. The molecule has 1 unspecified atom stereocenters. The largest absolute Gasteiger partial charge is 0.0853 e. The summed E-state index contributed by atoms with van der Waals surface area (Å²) in [5, 5.41) is 0. The molecule has 0 amide bonds. The van der Waals surface area contributed by atoms with Gasteiger partial charge in [-0.15, -0.1) is 0 Å². The van der Waals surface area contributed by atoms with Gasteiger partial charge in [0.25, 0.3) is 0 Å². The summed E-state index contributed by atoms with van der Waals surface area (Å²) in [6.07, 6.45) is 29.2. The maximum atomic E-state index is 2.58. The predicted octanol–water partition coefficient (Wildman–Crippen LogP) is 10.3. The van der Waals surface area contributed by atoms with Crippen LogP contribution in [0.25, 0.3) is 0 Å². The zero-order chi connectivity index (χ0) is 21.8. The standard InChI is InChI=1S/C31H50/c1-3-5-6-9-14-27-17-19-29(20-18-27)30(26-28-15-10-7-11-16-28)21-25-31(22-4-2)23-12-8-13-24-31/h15,17-20,30H,3-14,16,21-26H2,1-2H3. The lowest BCUT2D eigenvalue weighted by Crippen LogP contribution is -2.25. The minimum Gasteiger partial charge on any atom is -0.0853 e. The highest BCUT2D eigenvalue weighted by atomic mass is 14.4. The molecule has 0 radical (unpaired) electrons. The van der Waals surface area contributed by atoms with Crippen LogP contribution in [-0.4, -0.2) is 0 Å². The first-order chi connectivity index (χ1) is 15.2. The van der Waals surface area contributed by atoms with Gasteiger partial charge in [-0.25, -0.2) is 0 Å². The zero-order valence-corrected chi connectivity index (χ0v) is 20.9. The van der Waals surface area contributed by atoms with E-state index in [0.29, 0.717) is 5.41 Å². The molecule has 1 atom stereocenters. The molecule has 0 bridgehead atoms. The molecular formula is C31H50. The Balaban J connectivity index is 1.66.